The molecule has 1 N–H and O–H groups in total. The molecule has 0 saturated carbocycles. The maximum absolute atomic E-state index is 12.0. The van der Waals surface area contributed by atoms with E-state index >= 15 is 0 Å². The molecule has 0 spiro atoms. The summed E-state index contributed by atoms with van der Waals surface area (Å²) < 4.78 is 10.7. The van der Waals surface area contributed by atoms with E-state index < -0.39 is 6.10 Å². The number of hydrogen-bond donors (Lipinski definition) is 1. The Morgan fingerprint density at radius 2 is 2.04 bits per heavy atom. The van der Waals surface area contributed by atoms with Crippen LogP contribution in [0.3, 0.4) is 0 Å². The van der Waals surface area contributed by atoms with Crippen LogP contribution in [0.1, 0.15) is 18.1 Å². The molecule has 0 saturated heterocycles. The summed E-state index contributed by atoms with van der Waals surface area (Å²) in [6, 6.07) is 12.6. The van der Waals surface area contributed by atoms with Gasteiger partial charge in [0.2, 0.25) is 0 Å². The predicted octanol–water partition coefficient (Wildman–Crippen LogP) is 3.57. The fourth-order valence-corrected chi connectivity index (χ4v) is 2.05. The molecular weight excluding hydrogens is 328 g/mol. The smallest absolute Gasteiger partial charge is 0.280 e. The number of methoxy groups -OCH3 is 1. The van der Waals surface area contributed by atoms with Gasteiger partial charge in [0.1, 0.15) is 11.5 Å². The van der Waals surface area contributed by atoms with Gasteiger partial charge in [-0.2, -0.15) is 5.10 Å². The zero-order chi connectivity index (χ0) is 17.5. The molecule has 2 rings (SSSR count). The Bertz CT molecular complexity index is 747. The van der Waals surface area contributed by atoms with Gasteiger partial charge in [-0.05, 0) is 55.3 Å². The van der Waals surface area contributed by atoms with Crippen molar-refractivity contribution in [2.45, 2.75) is 20.0 Å². The summed E-state index contributed by atoms with van der Waals surface area (Å²) in [6.45, 7) is 3.53. The van der Waals surface area contributed by atoms with E-state index in [1.54, 1.807) is 38.4 Å². The second-order valence-corrected chi connectivity index (χ2v) is 5.59. The van der Waals surface area contributed by atoms with E-state index in [4.69, 9.17) is 21.1 Å². The van der Waals surface area contributed by atoms with E-state index in [0.717, 1.165) is 16.9 Å². The molecule has 0 bridgehead atoms. The average Bonchev–Trinajstić information content (AvgIpc) is 2.58. The van der Waals surface area contributed by atoms with Crippen molar-refractivity contribution in [1.82, 2.24) is 5.43 Å². The molecule has 2 aromatic rings. The molecule has 2 aromatic carbocycles. The SMILES string of the molecule is COc1cccc(C=NNC(=O)[C@@H](C)Oc2ccc(Cl)c(C)c2)c1. The second kappa shape index (κ2) is 8.36. The molecule has 1 atom stereocenters. The van der Waals surface area contributed by atoms with Gasteiger partial charge in [-0.25, -0.2) is 5.43 Å². The number of amides is 1. The highest BCUT2D eigenvalue weighted by Crippen LogP contribution is 2.21. The van der Waals surface area contributed by atoms with Gasteiger partial charge < -0.3 is 9.47 Å². The van der Waals surface area contributed by atoms with Crippen molar-refractivity contribution in [3.8, 4) is 11.5 Å². The highest BCUT2D eigenvalue weighted by Gasteiger charge is 2.14. The van der Waals surface area contributed by atoms with Crippen molar-refractivity contribution < 1.29 is 14.3 Å². The number of rotatable bonds is 6. The third-order valence-corrected chi connectivity index (χ3v) is 3.72. The van der Waals surface area contributed by atoms with E-state index in [9.17, 15) is 4.79 Å². The summed E-state index contributed by atoms with van der Waals surface area (Å²) in [6.07, 6.45) is 0.854. The number of nitrogens with one attached hydrogen (secondary N) is 1. The summed E-state index contributed by atoms with van der Waals surface area (Å²) in [4.78, 5) is 12.0. The third kappa shape index (κ3) is 4.99. The molecule has 0 fully saturated rings. The van der Waals surface area contributed by atoms with Crippen LogP contribution in [0.5, 0.6) is 11.5 Å². The van der Waals surface area contributed by atoms with E-state index in [0.29, 0.717) is 10.8 Å². The van der Waals surface area contributed by atoms with Crippen LogP contribution in [0.4, 0.5) is 0 Å². The molecular formula is C18H19ClN2O3. The third-order valence-electron chi connectivity index (χ3n) is 3.29. The largest absolute Gasteiger partial charge is 0.497 e. The van der Waals surface area contributed by atoms with Crippen LogP contribution in [0.25, 0.3) is 0 Å². The quantitative estimate of drug-likeness (QED) is 0.642. The molecule has 0 radical (unpaired) electrons. The molecule has 6 heteroatoms. The van der Waals surface area contributed by atoms with Gasteiger partial charge in [0.15, 0.2) is 6.10 Å². The van der Waals surface area contributed by atoms with Gasteiger partial charge in [-0.1, -0.05) is 23.7 Å². The number of carbonyl (C=O) groups excluding carboxylic acids is 1. The van der Waals surface area contributed by atoms with Gasteiger partial charge in [0.25, 0.3) is 5.91 Å². The van der Waals surface area contributed by atoms with Crippen LogP contribution >= 0.6 is 11.6 Å². The Morgan fingerprint density at radius 1 is 1.25 bits per heavy atom. The minimum atomic E-state index is -0.687. The highest BCUT2D eigenvalue weighted by atomic mass is 35.5. The lowest BCUT2D eigenvalue weighted by atomic mass is 10.2. The summed E-state index contributed by atoms with van der Waals surface area (Å²) >= 11 is 5.97. The van der Waals surface area contributed by atoms with Crippen LogP contribution < -0.4 is 14.9 Å². The number of nitrogens with zero attached hydrogens (tertiary/aromatic N) is 1. The molecule has 0 heterocycles. The zero-order valence-electron chi connectivity index (χ0n) is 13.7. The number of hydrazone groups is 1. The second-order valence-electron chi connectivity index (χ2n) is 5.18. The van der Waals surface area contributed by atoms with Crippen molar-refractivity contribution in [2.75, 3.05) is 7.11 Å². The van der Waals surface area contributed by atoms with Gasteiger partial charge in [-0.15, -0.1) is 0 Å². The van der Waals surface area contributed by atoms with Crippen LogP contribution in [0, 0.1) is 6.92 Å². The van der Waals surface area contributed by atoms with E-state index in [1.807, 2.05) is 31.2 Å². The van der Waals surface area contributed by atoms with E-state index in [2.05, 4.69) is 10.5 Å². The van der Waals surface area contributed by atoms with Crippen LogP contribution in [0.15, 0.2) is 47.6 Å². The van der Waals surface area contributed by atoms with Crippen LogP contribution in [-0.2, 0) is 4.79 Å². The molecule has 0 unspecified atom stereocenters. The first kappa shape index (κ1) is 17.8. The maximum Gasteiger partial charge on any atom is 0.280 e. The maximum atomic E-state index is 12.0. The lowest BCUT2D eigenvalue weighted by Crippen LogP contribution is -2.33. The Balaban J connectivity index is 1.91. The minimum absolute atomic E-state index is 0.346. The van der Waals surface area contributed by atoms with E-state index in [1.165, 1.54) is 0 Å². The summed E-state index contributed by atoms with van der Waals surface area (Å²) in [7, 11) is 1.59. The topological polar surface area (TPSA) is 59.9 Å². The van der Waals surface area contributed by atoms with Crippen molar-refractivity contribution in [3.63, 3.8) is 0 Å². The van der Waals surface area contributed by atoms with Crippen LogP contribution in [-0.4, -0.2) is 25.3 Å². The fraction of sp³-hybridized carbons (Fsp3) is 0.222. The first-order chi connectivity index (χ1) is 11.5. The summed E-state index contributed by atoms with van der Waals surface area (Å²) in [5.74, 6) is 0.957. The number of benzene rings is 2. The Morgan fingerprint density at radius 3 is 2.75 bits per heavy atom. The monoisotopic (exact) mass is 346 g/mol. The lowest BCUT2D eigenvalue weighted by Gasteiger charge is -2.13. The molecule has 5 nitrogen and oxygen atoms in total. The highest BCUT2D eigenvalue weighted by molar-refractivity contribution is 6.31. The Hall–Kier alpha value is -2.53. The number of hydrogen-bond acceptors (Lipinski definition) is 4. The van der Waals surface area contributed by atoms with Crippen molar-refractivity contribution in [2.24, 2.45) is 5.10 Å². The molecule has 126 valence electrons. The van der Waals surface area contributed by atoms with Gasteiger partial charge in [0, 0.05) is 5.02 Å². The molecule has 1 amide bonds. The minimum Gasteiger partial charge on any atom is -0.497 e. The average molecular weight is 347 g/mol. The summed E-state index contributed by atoms with van der Waals surface area (Å²) in [5.41, 5.74) is 4.16. The first-order valence-electron chi connectivity index (χ1n) is 7.39. The van der Waals surface area contributed by atoms with Crippen molar-refractivity contribution >= 4 is 23.7 Å². The van der Waals surface area contributed by atoms with Gasteiger partial charge >= 0.3 is 0 Å². The van der Waals surface area contributed by atoms with E-state index in [-0.39, 0.29) is 5.91 Å². The standard InChI is InChI=1S/C18H19ClN2O3/c1-12-9-16(7-8-17(12)19)24-13(2)18(22)21-20-11-14-5-4-6-15(10-14)23-3/h4-11,13H,1-3H3,(H,21,22)/t13-/m1/s1. The summed E-state index contributed by atoms with van der Waals surface area (Å²) in [5, 5.41) is 4.59. The number of carbonyl (C=O) groups is 1. The normalized spacial score (nSPS) is 12.0. The van der Waals surface area contributed by atoms with Gasteiger partial charge in [0.05, 0.1) is 13.3 Å². The number of aryl methyl sites for hydroxylation is 1. The predicted molar refractivity (Wildman–Crippen MR) is 95.0 cm³/mol. The zero-order valence-corrected chi connectivity index (χ0v) is 14.5. The molecule has 0 aliphatic rings. The molecule has 0 aliphatic carbocycles. The number of halogens is 1. The number of ether oxygens (including phenoxy) is 2. The molecule has 24 heavy (non-hydrogen) atoms. The Labute approximate surface area is 146 Å². The van der Waals surface area contributed by atoms with Gasteiger partial charge in [-0.3, -0.25) is 4.79 Å². The van der Waals surface area contributed by atoms with Crippen molar-refractivity contribution in [3.05, 3.63) is 58.6 Å². The lowest BCUT2D eigenvalue weighted by molar-refractivity contribution is -0.127. The first-order valence-corrected chi connectivity index (χ1v) is 7.77. The van der Waals surface area contributed by atoms with Crippen molar-refractivity contribution in [1.29, 1.82) is 0 Å². The van der Waals surface area contributed by atoms with Crippen LogP contribution in [0.2, 0.25) is 5.02 Å². The molecule has 0 aliphatic heterocycles. The molecule has 0 aromatic heterocycles. The Kier molecular flexibility index (Phi) is 6.21. The fourth-order valence-electron chi connectivity index (χ4n) is 1.93.